The Kier molecular flexibility index (Phi) is 4.99. The molecular weight excluding hydrogens is 354 g/mol. The van der Waals surface area contributed by atoms with Crippen LogP contribution >= 0.6 is 15.9 Å². The molecule has 22 heavy (non-hydrogen) atoms. The van der Waals surface area contributed by atoms with E-state index in [2.05, 4.69) is 15.9 Å². The summed E-state index contributed by atoms with van der Waals surface area (Å²) in [6.45, 7) is 0. The highest BCUT2D eigenvalue weighted by Crippen LogP contribution is 2.39. The van der Waals surface area contributed by atoms with Crippen LogP contribution in [0.25, 0.3) is 0 Å². The minimum atomic E-state index is -1.15. The van der Waals surface area contributed by atoms with Gasteiger partial charge in [0.2, 0.25) is 0 Å². The number of nitrogens with zero attached hydrogens (tertiary/aromatic N) is 1. The van der Waals surface area contributed by atoms with Gasteiger partial charge < -0.3 is 14.6 Å². The number of aliphatic hydroxyl groups is 1. The highest BCUT2D eigenvalue weighted by molar-refractivity contribution is 9.10. The molecule has 0 fully saturated rings. The fraction of sp³-hybridized carbons (Fsp3) is 0.200. The number of methoxy groups -OCH3 is 2. The summed E-state index contributed by atoms with van der Waals surface area (Å²) in [5.41, 5.74) is 0.455. The first-order valence-electron chi connectivity index (χ1n) is 6.31. The number of nitro benzene ring substituents is 1. The van der Waals surface area contributed by atoms with E-state index in [-0.39, 0.29) is 17.0 Å². The van der Waals surface area contributed by atoms with Crippen LogP contribution in [0.4, 0.5) is 5.69 Å². The highest BCUT2D eigenvalue weighted by atomic mass is 79.9. The van der Waals surface area contributed by atoms with E-state index in [9.17, 15) is 15.2 Å². The first-order valence-corrected chi connectivity index (χ1v) is 7.11. The SMILES string of the molecule is COc1cc([C@@H](O)c2ccc(Br)cc2)c([N+](=O)[O-])cc1OC. The Balaban J connectivity index is 2.56. The normalized spacial score (nSPS) is 11.8. The van der Waals surface area contributed by atoms with Crippen molar-refractivity contribution in [3.63, 3.8) is 0 Å². The first kappa shape index (κ1) is 16.3. The summed E-state index contributed by atoms with van der Waals surface area (Å²) < 4.78 is 11.1. The van der Waals surface area contributed by atoms with E-state index in [0.29, 0.717) is 11.3 Å². The van der Waals surface area contributed by atoms with Gasteiger partial charge in [0.25, 0.3) is 5.69 Å². The van der Waals surface area contributed by atoms with Gasteiger partial charge in [-0.05, 0) is 23.8 Å². The molecule has 116 valence electrons. The standard InChI is InChI=1S/C15H14BrNO5/c1-21-13-7-11(12(17(19)20)8-14(13)22-2)15(18)9-3-5-10(16)6-4-9/h3-8,15,18H,1-2H3/t15-/m0/s1. The molecule has 2 aromatic rings. The Hall–Kier alpha value is -2.12. The summed E-state index contributed by atoms with van der Waals surface area (Å²) in [5, 5.41) is 21.7. The van der Waals surface area contributed by atoms with Crippen LogP contribution in [0.5, 0.6) is 11.5 Å². The minimum Gasteiger partial charge on any atom is -0.493 e. The molecule has 0 bridgehead atoms. The number of hydrogen-bond donors (Lipinski definition) is 1. The van der Waals surface area contributed by atoms with Crippen molar-refractivity contribution in [2.45, 2.75) is 6.10 Å². The number of nitro groups is 1. The molecule has 0 radical (unpaired) electrons. The van der Waals surface area contributed by atoms with Crippen molar-refractivity contribution in [2.75, 3.05) is 14.2 Å². The Morgan fingerprint density at radius 3 is 2.18 bits per heavy atom. The van der Waals surface area contributed by atoms with Gasteiger partial charge in [-0.15, -0.1) is 0 Å². The van der Waals surface area contributed by atoms with Crippen LogP contribution in [-0.4, -0.2) is 24.2 Å². The molecule has 0 saturated heterocycles. The van der Waals surface area contributed by atoms with Crippen LogP contribution in [-0.2, 0) is 0 Å². The van der Waals surface area contributed by atoms with Crippen LogP contribution in [0.3, 0.4) is 0 Å². The smallest absolute Gasteiger partial charge is 0.279 e. The number of ether oxygens (including phenoxy) is 2. The van der Waals surface area contributed by atoms with Gasteiger partial charge in [-0.3, -0.25) is 10.1 Å². The average molecular weight is 368 g/mol. The predicted molar refractivity (Wildman–Crippen MR) is 84.4 cm³/mol. The zero-order chi connectivity index (χ0) is 16.3. The minimum absolute atomic E-state index is 0.143. The van der Waals surface area contributed by atoms with Gasteiger partial charge in [-0.1, -0.05) is 28.1 Å². The zero-order valence-corrected chi connectivity index (χ0v) is 13.5. The summed E-state index contributed by atoms with van der Waals surface area (Å²) in [6.07, 6.45) is -1.15. The molecule has 0 aromatic heterocycles. The molecule has 0 aliphatic rings. The lowest BCUT2D eigenvalue weighted by molar-refractivity contribution is -0.386. The van der Waals surface area contributed by atoms with E-state index in [0.717, 1.165) is 4.47 Å². The number of rotatable bonds is 5. The molecule has 0 unspecified atom stereocenters. The van der Waals surface area contributed by atoms with Crippen molar-refractivity contribution >= 4 is 21.6 Å². The lowest BCUT2D eigenvalue weighted by atomic mass is 9.99. The third kappa shape index (κ3) is 3.20. The molecule has 0 spiro atoms. The second-order valence-corrected chi connectivity index (χ2v) is 5.39. The molecule has 6 nitrogen and oxygen atoms in total. The van der Waals surface area contributed by atoms with E-state index < -0.39 is 11.0 Å². The van der Waals surface area contributed by atoms with Crippen molar-refractivity contribution < 1.29 is 19.5 Å². The Morgan fingerprint density at radius 1 is 1.14 bits per heavy atom. The topological polar surface area (TPSA) is 81.8 Å². The van der Waals surface area contributed by atoms with Crippen molar-refractivity contribution in [1.82, 2.24) is 0 Å². The lowest BCUT2D eigenvalue weighted by Crippen LogP contribution is -2.05. The zero-order valence-electron chi connectivity index (χ0n) is 11.9. The maximum Gasteiger partial charge on any atom is 0.279 e. The molecule has 0 amide bonds. The van der Waals surface area contributed by atoms with Crippen LogP contribution in [0.15, 0.2) is 40.9 Å². The maximum absolute atomic E-state index is 11.3. The van der Waals surface area contributed by atoms with Crippen molar-refractivity contribution in [2.24, 2.45) is 0 Å². The Morgan fingerprint density at radius 2 is 1.68 bits per heavy atom. The molecule has 7 heteroatoms. The fourth-order valence-electron chi connectivity index (χ4n) is 2.09. The van der Waals surface area contributed by atoms with Gasteiger partial charge in [0.15, 0.2) is 11.5 Å². The molecule has 2 rings (SSSR count). The summed E-state index contributed by atoms with van der Waals surface area (Å²) in [4.78, 5) is 10.7. The average Bonchev–Trinajstić information content (AvgIpc) is 2.53. The summed E-state index contributed by atoms with van der Waals surface area (Å²) >= 11 is 3.30. The van der Waals surface area contributed by atoms with Crippen molar-refractivity contribution in [3.8, 4) is 11.5 Å². The molecule has 0 aliphatic carbocycles. The maximum atomic E-state index is 11.3. The van der Waals surface area contributed by atoms with E-state index in [1.165, 1.54) is 26.4 Å². The third-order valence-electron chi connectivity index (χ3n) is 3.21. The van der Waals surface area contributed by atoms with Gasteiger partial charge in [0.1, 0.15) is 6.10 Å². The van der Waals surface area contributed by atoms with E-state index >= 15 is 0 Å². The van der Waals surface area contributed by atoms with Crippen LogP contribution in [0, 0.1) is 10.1 Å². The predicted octanol–water partition coefficient (Wildman–Crippen LogP) is 3.46. The third-order valence-corrected chi connectivity index (χ3v) is 3.74. The van der Waals surface area contributed by atoms with E-state index in [1.807, 2.05) is 0 Å². The molecule has 1 atom stereocenters. The van der Waals surface area contributed by atoms with Gasteiger partial charge in [0, 0.05) is 4.47 Å². The van der Waals surface area contributed by atoms with E-state index in [1.54, 1.807) is 24.3 Å². The quantitative estimate of drug-likeness (QED) is 0.646. The van der Waals surface area contributed by atoms with Crippen LogP contribution in [0.2, 0.25) is 0 Å². The van der Waals surface area contributed by atoms with Gasteiger partial charge in [-0.25, -0.2) is 0 Å². The summed E-state index contributed by atoms with van der Waals surface area (Å²) in [5.74, 6) is 0.556. The monoisotopic (exact) mass is 367 g/mol. The number of aliphatic hydroxyl groups excluding tert-OH is 1. The van der Waals surface area contributed by atoms with Crippen LogP contribution < -0.4 is 9.47 Å². The number of benzene rings is 2. The first-order chi connectivity index (χ1) is 10.5. The van der Waals surface area contributed by atoms with Gasteiger partial charge in [0.05, 0.1) is 30.8 Å². The van der Waals surface area contributed by atoms with Crippen molar-refractivity contribution in [1.29, 1.82) is 0 Å². The molecule has 0 aliphatic heterocycles. The molecular formula is C15H14BrNO5. The lowest BCUT2D eigenvalue weighted by Gasteiger charge is -2.15. The largest absolute Gasteiger partial charge is 0.493 e. The summed E-state index contributed by atoms with van der Waals surface area (Å²) in [6, 6.07) is 9.56. The van der Waals surface area contributed by atoms with Gasteiger partial charge >= 0.3 is 0 Å². The van der Waals surface area contributed by atoms with Crippen molar-refractivity contribution in [3.05, 3.63) is 62.1 Å². The molecule has 0 heterocycles. The summed E-state index contributed by atoms with van der Waals surface area (Å²) in [7, 11) is 2.83. The number of hydrogen-bond acceptors (Lipinski definition) is 5. The number of halogens is 1. The Labute approximate surface area is 135 Å². The van der Waals surface area contributed by atoms with Crippen LogP contribution in [0.1, 0.15) is 17.2 Å². The van der Waals surface area contributed by atoms with E-state index in [4.69, 9.17) is 9.47 Å². The Bertz CT molecular complexity index is 687. The molecule has 0 saturated carbocycles. The highest BCUT2D eigenvalue weighted by Gasteiger charge is 2.25. The second kappa shape index (κ2) is 6.76. The molecule has 1 N–H and O–H groups in total. The van der Waals surface area contributed by atoms with Gasteiger partial charge in [-0.2, -0.15) is 0 Å². The molecule has 2 aromatic carbocycles. The fourth-order valence-corrected chi connectivity index (χ4v) is 2.35. The second-order valence-electron chi connectivity index (χ2n) is 4.48.